The molecule has 0 spiro atoms. The lowest BCUT2D eigenvalue weighted by Crippen LogP contribution is -2.28. The van der Waals surface area contributed by atoms with Crippen molar-refractivity contribution in [2.45, 2.75) is 32.1 Å². The number of carbonyl (C=O) groups is 2. The van der Waals surface area contributed by atoms with E-state index >= 15 is 0 Å². The number of carboxylic acid groups (broad SMARTS) is 1. The summed E-state index contributed by atoms with van der Waals surface area (Å²) in [5, 5.41) is 9.22. The Morgan fingerprint density at radius 1 is 1.26 bits per heavy atom. The number of carboxylic acids is 1. The van der Waals surface area contributed by atoms with E-state index < -0.39 is 5.97 Å². The number of rotatable bonds is 4. The molecule has 19 heavy (non-hydrogen) atoms. The molecule has 0 aromatic heterocycles. The highest BCUT2D eigenvalue weighted by Gasteiger charge is 2.32. The van der Waals surface area contributed by atoms with Crippen LogP contribution in [0.25, 0.3) is 0 Å². The molecule has 1 N–H and O–H groups in total. The van der Waals surface area contributed by atoms with Crippen molar-refractivity contribution in [3.63, 3.8) is 0 Å². The van der Waals surface area contributed by atoms with Gasteiger partial charge in [-0.3, -0.25) is 9.59 Å². The third-order valence-corrected chi connectivity index (χ3v) is 4.49. The van der Waals surface area contributed by atoms with E-state index in [1.54, 1.807) is 0 Å². The first-order chi connectivity index (χ1) is 9.08. The number of ketones is 1. The molecule has 1 aliphatic carbocycles. The Morgan fingerprint density at radius 3 is 2.68 bits per heavy atom. The van der Waals surface area contributed by atoms with Crippen LogP contribution < -0.4 is 0 Å². The summed E-state index contributed by atoms with van der Waals surface area (Å²) in [6.45, 7) is 0. The zero-order valence-corrected chi connectivity index (χ0v) is 12.8. The van der Waals surface area contributed by atoms with E-state index in [0.717, 1.165) is 22.8 Å². The molecular weight excluding hydrogens is 355 g/mol. The predicted octanol–water partition coefficient (Wildman–Crippen LogP) is 3.76. The van der Waals surface area contributed by atoms with Gasteiger partial charge in [-0.25, -0.2) is 0 Å². The van der Waals surface area contributed by atoms with Crippen molar-refractivity contribution in [2.75, 3.05) is 0 Å². The molecule has 102 valence electrons. The number of Topliss-reactive ketones (excluding diaryl/α,β-unsaturated/α-hetero) is 1. The maximum atomic E-state index is 12.2. The minimum absolute atomic E-state index is 0.00313. The van der Waals surface area contributed by atoms with Gasteiger partial charge in [0.2, 0.25) is 0 Å². The first kappa shape index (κ1) is 14.5. The van der Waals surface area contributed by atoms with Crippen LogP contribution in [0.5, 0.6) is 0 Å². The van der Waals surface area contributed by atoms with Crippen molar-refractivity contribution in [1.82, 2.24) is 0 Å². The Bertz CT molecular complexity index is 484. The van der Waals surface area contributed by atoms with Gasteiger partial charge in [-0.1, -0.05) is 25.0 Å². The molecule has 1 aliphatic rings. The Labute approximate surface area is 126 Å². The standard InChI is InChI=1S/C15H17IO3/c16-12-6-3-5-11(8-12)14(17)9-10-4-1-2-7-13(10)15(18)19/h3,5-6,8,10,13H,1-2,4,7,9H2,(H,18,19)/t10-,13-/m1/s1. The van der Waals surface area contributed by atoms with Crippen LogP contribution in [0.1, 0.15) is 42.5 Å². The zero-order chi connectivity index (χ0) is 13.8. The van der Waals surface area contributed by atoms with Crippen molar-refractivity contribution in [3.8, 4) is 0 Å². The number of benzene rings is 1. The molecule has 0 saturated heterocycles. The molecule has 0 heterocycles. The fourth-order valence-electron chi connectivity index (χ4n) is 2.80. The van der Waals surface area contributed by atoms with Gasteiger partial charge in [-0.2, -0.15) is 0 Å². The normalized spacial score (nSPS) is 23.0. The van der Waals surface area contributed by atoms with Gasteiger partial charge in [0, 0.05) is 15.6 Å². The highest BCUT2D eigenvalue weighted by Crippen LogP contribution is 2.33. The molecule has 2 atom stereocenters. The van der Waals surface area contributed by atoms with Crippen LogP contribution >= 0.6 is 22.6 Å². The Morgan fingerprint density at radius 2 is 2.00 bits per heavy atom. The average Bonchev–Trinajstić information content (AvgIpc) is 2.39. The maximum Gasteiger partial charge on any atom is 0.306 e. The van der Waals surface area contributed by atoms with E-state index in [1.165, 1.54) is 0 Å². The molecule has 2 rings (SSSR count). The molecule has 3 nitrogen and oxygen atoms in total. The Balaban J connectivity index is 2.07. The van der Waals surface area contributed by atoms with Crippen LogP contribution in [0.3, 0.4) is 0 Å². The lowest BCUT2D eigenvalue weighted by Gasteiger charge is -2.27. The highest BCUT2D eigenvalue weighted by molar-refractivity contribution is 14.1. The first-order valence-electron chi connectivity index (χ1n) is 6.59. The minimum Gasteiger partial charge on any atom is -0.481 e. The predicted molar refractivity (Wildman–Crippen MR) is 81.2 cm³/mol. The summed E-state index contributed by atoms with van der Waals surface area (Å²) in [6, 6.07) is 7.48. The largest absolute Gasteiger partial charge is 0.481 e. The van der Waals surface area contributed by atoms with E-state index in [1.807, 2.05) is 24.3 Å². The van der Waals surface area contributed by atoms with Crippen molar-refractivity contribution in [2.24, 2.45) is 11.8 Å². The molecule has 1 fully saturated rings. The fourth-order valence-corrected chi connectivity index (χ4v) is 3.34. The maximum absolute atomic E-state index is 12.2. The summed E-state index contributed by atoms with van der Waals surface area (Å²) < 4.78 is 1.03. The Kier molecular flexibility index (Phi) is 4.96. The number of hydrogen-bond acceptors (Lipinski definition) is 2. The topological polar surface area (TPSA) is 54.4 Å². The molecule has 1 aromatic carbocycles. The molecule has 4 heteroatoms. The van der Waals surface area contributed by atoms with Gasteiger partial charge in [-0.05, 0) is 53.5 Å². The molecule has 1 saturated carbocycles. The molecule has 0 radical (unpaired) electrons. The summed E-state index contributed by atoms with van der Waals surface area (Å²) >= 11 is 2.18. The second kappa shape index (κ2) is 6.50. The fraction of sp³-hybridized carbons (Fsp3) is 0.467. The van der Waals surface area contributed by atoms with E-state index in [4.69, 9.17) is 0 Å². The third-order valence-electron chi connectivity index (χ3n) is 3.82. The van der Waals surface area contributed by atoms with E-state index in [0.29, 0.717) is 18.4 Å². The number of aliphatic carboxylic acids is 1. The SMILES string of the molecule is O=C(C[C@H]1CCCC[C@H]1C(=O)O)c1cccc(I)c1. The molecule has 0 aliphatic heterocycles. The minimum atomic E-state index is -0.750. The molecule has 0 amide bonds. The quantitative estimate of drug-likeness (QED) is 0.647. The average molecular weight is 372 g/mol. The summed E-state index contributed by atoms with van der Waals surface area (Å²) in [6.07, 6.45) is 3.92. The summed E-state index contributed by atoms with van der Waals surface area (Å²) in [7, 11) is 0. The van der Waals surface area contributed by atoms with Gasteiger partial charge in [-0.15, -0.1) is 0 Å². The first-order valence-corrected chi connectivity index (χ1v) is 7.67. The van der Waals surface area contributed by atoms with Crippen LogP contribution in [0.15, 0.2) is 24.3 Å². The van der Waals surface area contributed by atoms with Crippen molar-refractivity contribution >= 4 is 34.3 Å². The van der Waals surface area contributed by atoms with Crippen LogP contribution in [-0.4, -0.2) is 16.9 Å². The van der Waals surface area contributed by atoms with Crippen molar-refractivity contribution in [1.29, 1.82) is 0 Å². The Hall–Kier alpha value is -0.910. The second-order valence-electron chi connectivity index (χ2n) is 5.13. The summed E-state index contributed by atoms with van der Waals surface area (Å²) in [4.78, 5) is 23.5. The van der Waals surface area contributed by atoms with Gasteiger partial charge < -0.3 is 5.11 Å². The lowest BCUT2D eigenvalue weighted by molar-refractivity contribution is -0.144. The van der Waals surface area contributed by atoms with Gasteiger partial charge in [0.15, 0.2) is 5.78 Å². The van der Waals surface area contributed by atoms with Crippen LogP contribution in [-0.2, 0) is 4.79 Å². The summed E-state index contributed by atoms with van der Waals surface area (Å²) in [5.74, 6) is -1.03. The van der Waals surface area contributed by atoms with Gasteiger partial charge in [0.05, 0.1) is 5.92 Å². The number of hydrogen-bond donors (Lipinski definition) is 1. The monoisotopic (exact) mass is 372 g/mol. The zero-order valence-electron chi connectivity index (χ0n) is 10.6. The molecule has 1 aromatic rings. The van der Waals surface area contributed by atoms with Crippen molar-refractivity contribution < 1.29 is 14.7 Å². The molecule has 0 unspecified atom stereocenters. The van der Waals surface area contributed by atoms with Crippen LogP contribution in [0, 0.1) is 15.4 Å². The van der Waals surface area contributed by atoms with Crippen LogP contribution in [0.2, 0.25) is 0 Å². The van der Waals surface area contributed by atoms with E-state index in [9.17, 15) is 14.7 Å². The lowest BCUT2D eigenvalue weighted by atomic mass is 9.76. The van der Waals surface area contributed by atoms with E-state index in [-0.39, 0.29) is 17.6 Å². The highest BCUT2D eigenvalue weighted by atomic mass is 127. The van der Waals surface area contributed by atoms with Gasteiger partial charge >= 0.3 is 5.97 Å². The van der Waals surface area contributed by atoms with Crippen molar-refractivity contribution in [3.05, 3.63) is 33.4 Å². The molecule has 0 bridgehead atoms. The van der Waals surface area contributed by atoms with Gasteiger partial charge in [0.1, 0.15) is 0 Å². The number of carbonyl (C=O) groups excluding carboxylic acids is 1. The van der Waals surface area contributed by atoms with Gasteiger partial charge in [0.25, 0.3) is 0 Å². The molecular formula is C15H17IO3. The van der Waals surface area contributed by atoms with Crippen LogP contribution in [0.4, 0.5) is 0 Å². The van der Waals surface area contributed by atoms with E-state index in [2.05, 4.69) is 22.6 Å². The second-order valence-corrected chi connectivity index (χ2v) is 6.37. The number of halogens is 1. The summed E-state index contributed by atoms with van der Waals surface area (Å²) in [5.41, 5.74) is 0.696. The third kappa shape index (κ3) is 3.78. The smallest absolute Gasteiger partial charge is 0.306 e.